The normalized spacial score (nSPS) is 19.1. The van der Waals surface area contributed by atoms with E-state index in [-0.39, 0.29) is 11.4 Å². The molecule has 2 aromatic heterocycles. The van der Waals surface area contributed by atoms with Crippen LogP contribution in [-0.2, 0) is 23.2 Å². The molecule has 5 aromatic rings. The van der Waals surface area contributed by atoms with Gasteiger partial charge in [0, 0.05) is 30.9 Å². The molecule has 1 N–H and O–H groups in total. The van der Waals surface area contributed by atoms with E-state index in [1.54, 1.807) is 34.6 Å². The largest absolute Gasteiger partial charge is 0.416 e. The van der Waals surface area contributed by atoms with Crippen molar-refractivity contribution in [3.63, 3.8) is 0 Å². The van der Waals surface area contributed by atoms with E-state index in [1.165, 1.54) is 22.5 Å². The van der Waals surface area contributed by atoms with Gasteiger partial charge in [0.15, 0.2) is 0 Å². The minimum Gasteiger partial charge on any atom is -0.392 e. The van der Waals surface area contributed by atoms with Crippen LogP contribution in [0.4, 0.5) is 13.2 Å². The SMILES string of the molecule is Cn1cc2c(n1)c1cc(S(=O)(=O)N3CC(O)CC3c3ccccc3)ccc1n2-c1ccc(C(F)(F)F)cc1. The topological polar surface area (TPSA) is 80.4 Å². The molecule has 2 unspecified atom stereocenters. The summed E-state index contributed by atoms with van der Waals surface area (Å²) < 4.78 is 71.7. The molecule has 0 radical (unpaired) electrons. The summed E-state index contributed by atoms with van der Waals surface area (Å²) in [6, 6.07) is 18.2. The summed E-state index contributed by atoms with van der Waals surface area (Å²) in [5.74, 6) is 0. The van der Waals surface area contributed by atoms with E-state index in [9.17, 15) is 26.7 Å². The van der Waals surface area contributed by atoms with E-state index in [0.29, 0.717) is 34.0 Å². The summed E-state index contributed by atoms with van der Waals surface area (Å²) in [6.45, 7) is -0.0223. The van der Waals surface area contributed by atoms with Gasteiger partial charge in [-0.25, -0.2) is 8.42 Å². The summed E-state index contributed by atoms with van der Waals surface area (Å²) in [7, 11) is -2.27. The number of rotatable bonds is 4. The second-order valence-electron chi connectivity index (χ2n) is 9.49. The zero-order valence-electron chi connectivity index (χ0n) is 20.2. The molecule has 0 bridgehead atoms. The van der Waals surface area contributed by atoms with Crippen molar-refractivity contribution < 1.29 is 26.7 Å². The number of aliphatic hydroxyl groups excluding tert-OH is 1. The minimum absolute atomic E-state index is 0.0223. The molecule has 3 heterocycles. The molecule has 1 aliphatic heterocycles. The fourth-order valence-electron chi connectivity index (χ4n) is 5.26. The van der Waals surface area contributed by atoms with Gasteiger partial charge < -0.3 is 9.67 Å². The lowest BCUT2D eigenvalue weighted by Gasteiger charge is -2.24. The maximum Gasteiger partial charge on any atom is 0.416 e. The highest BCUT2D eigenvalue weighted by Crippen LogP contribution is 2.39. The Morgan fingerprint density at radius 1 is 0.974 bits per heavy atom. The molecular weight excluding hydrogens is 517 g/mol. The lowest BCUT2D eigenvalue weighted by Crippen LogP contribution is -2.31. The Morgan fingerprint density at radius 3 is 2.37 bits per heavy atom. The third kappa shape index (κ3) is 3.98. The van der Waals surface area contributed by atoms with Gasteiger partial charge in [0.1, 0.15) is 5.52 Å². The quantitative estimate of drug-likeness (QED) is 0.347. The van der Waals surface area contributed by atoms with E-state index in [4.69, 9.17) is 0 Å². The van der Waals surface area contributed by atoms with Crippen molar-refractivity contribution in [2.45, 2.75) is 29.6 Å². The monoisotopic (exact) mass is 540 g/mol. The fourth-order valence-corrected chi connectivity index (χ4v) is 6.95. The van der Waals surface area contributed by atoms with Crippen molar-refractivity contribution in [3.05, 3.63) is 90.1 Å². The highest BCUT2D eigenvalue weighted by molar-refractivity contribution is 7.89. The number of fused-ring (bicyclic) bond motifs is 3. The Balaban J connectivity index is 1.48. The van der Waals surface area contributed by atoms with Gasteiger partial charge in [-0.15, -0.1) is 0 Å². The van der Waals surface area contributed by atoms with Crippen LogP contribution in [0, 0.1) is 0 Å². The standard InChI is InChI=1S/C27H23F3N4O3S/c1-32-16-25-26(31-32)22-14-21(11-12-23(22)34(25)19-9-7-18(8-10-19)27(28,29)30)38(36,37)33-15-20(35)13-24(33)17-5-3-2-4-6-17/h2-12,14,16,20,24,35H,13,15H2,1H3. The predicted octanol–water partition coefficient (Wildman–Crippen LogP) is 5.03. The zero-order chi connectivity index (χ0) is 26.8. The van der Waals surface area contributed by atoms with Gasteiger partial charge in [-0.3, -0.25) is 4.68 Å². The number of aliphatic hydroxyl groups is 1. The molecule has 0 saturated carbocycles. The van der Waals surface area contributed by atoms with Crippen molar-refractivity contribution in [1.82, 2.24) is 18.7 Å². The van der Waals surface area contributed by atoms with Crippen LogP contribution in [0.2, 0.25) is 0 Å². The Bertz CT molecular complexity index is 1760. The first kappa shape index (κ1) is 24.7. The first-order valence-electron chi connectivity index (χ1n) is 11.9. The second kappa shape index (κ2) is 8.69. The van der Waals surface area contributed by atoms with E-state index in [1.807, 2.05) is 30.3 Å². The van der Waals surface area contributed by atoms with Crippen LogP contribution in [0.25, 0.3) is 27.6 Å². The third-order valence-corrected chi connectivity index (χ3v) is 8.86. The fraction of sp³-hybridized carbons (Fsp3) is 0.222. The molecule has 1 aliphatic rings. The number of nitrogens with zero attached hydrogens (tertiary/aromatic N) is 4. The van der Waals surface area contributed by atoms with Gasteiger partial charge in [-0.05, 0) is 54.4 Å². The van der Waals surface area contributed by atoms with E-state index in [2.05, 4.69) is 5.10 Å². The Morgan fingerprint density at radius 2 is 1.68 bits per heavy atom. The molecule has 38 heavy (non-hydrogen) atoms. The molecule has 3 aromatic carbocycles. The van der Waals surface area contributed by atoms with Crippen LogP contribution in [-0.4, -0.2) is 44.8 Å². The molecule has 0 spiro atoms. The molecule has 0 amide bonds. The smallest absolute Gasteiger partial charge is 0.392 e. The van der Waals surface area contributed by atoms with E-state index in [0.717, 1.165) is 17.7 Å². The first-order valence-corrected chi connectivity index (χ1v) is 13.4. The molecule has 11 heteroatoms. The number of hydrogen-bond donors (Lipinski definition) is 1. The summed E-state index contributed by atoms with van der Waals surface area (Å²) in [6.07, 6.45) is -3.21. The summed E-state index contributed by atoms with van der Waals surface area (Å²) in [5, 5.41) is 15.4. The molecule has 6 rings (SSSR count). The molecule has 1 fully saturated rings. The zero-order valence-corrected chi connectivity index (χ0v) is 21.0. The van der Waals surface area contributed by atoms with Gasteiger partial charge in [0.05, 0.1) is 33.6 Å². The predicted molar refractivity (Wildman–Crippen MR) is 136 cm³/mol. The van der Waals surface area contributed by atoms with Crippen LogP contribution >= 0.6 is 0 Å². The number of benzene rings is 3. The number of alkyl halides is 3. The highest BCUT2D eigenvalue weighted by atomic mass is 32.2. The van der Waals surface area contributed by atoms with Crippen molar-refractivity contribution in [3.8, 4) is 5.69 Å². The van der Waals surface area contributed by atoms with Crippen molar-refractivity contribution >= 4 is 32.0 Å². The van der Waals surface area contributed by atoms with Crippen LogP contribution in [0.1, 0.15) is 23.6 Å². The van der Waals surface area contributed by atoms with Gasteiger partial charge in [0.2, 0.25) is 10.0 Å². The molecule has 196 valence electrons. The van der Waals surface area contributed by atoms with Gasteiger partial charge in [-0.1, -0.05) is 30.3 Å². The molecule has 7 nitrogen and oxygen atoms in total. The van der Waals surface area contributed by atoms with Gasteiger partial charge >= 0.3 is 6.18 Å². The summed E-state index contributed by atoms with van der Waals surface area (Å²) >= 11 is 0. The summed E-state index contributed by atoms with van der Waals surface area (Å²) in [5.41, 5.74) is 2.32. The Labute approximate surface area is 216 Å². The number of sulfonamides is 1. The average molecular weight is 541 g/mol. The van der Waals surface area contributed by atoms with Crippen LogP contribution in [0.15, 0.2) is 83.9 Å². The highest BCUT2D eigenvalue weighted by Gasteiger charge is 2.40. The van der Waals surface area contributed by atoms with Crippen LogP contribution in [0.5, 0.6) is 0 Å². The number of aromatic nitrogens is 3. The Hall–Kier alpha value is -3.67. The second-order valence-corrected chi connectivity index (χ2v) is 11.4. The van der Waals surface area contributed by atoms with E-state index >= 15 is 0 Å². The van der Waals surface area contributed by atoms with Crippen molar-refractivity contribution in [2.75, 3.05) is 6.54 Å². The van der Waals surface area contributed by atoms with Crippen LogP contribution < -0.4 is 0 Å². The number of aryl methyl sites for hydroxylation is 1. The lowest BCUT2D eigenvalue weighted by atomic mass is 10.1. The van der Waals surface area contributed by atoms with Gasteiger partial charge in [0.25, 0.3) is 0 Å². The van der Waals surface area contributed by atoms with Crippen molar-refractivity contribution in [2.24, 2.45) is 7.05 Å². The molecule has 1 saturated heterocycles. The number of β-amino-alcohol motifs (C(OH)–C–C–N with tert-alkyl or cyclic N) is 1. The third-order valence-electron chi connectivity index (χ3n) is 6.99. The average Bonchev–Trinajstić information content (AvgIpc) is 3.55. The number of halogens is 3. The molecular formula is C27H23F3N4O3S. The maximum atomic E-state index is 13.8. The maximum absolute atomic E-state index is 13.8. The molecule has 2 atom stereocenters. The first-order chi connectivity index (χ1) is 18.0. The minimum atomic E-state index is -4.45. The molecule has 0 aliphatic carbocycles. The number of hydrogen-bond acceptors (Lipinski definition) is 4. The van der Waals surface area contributed by atoms with Gasteiger partial charge in [-0.2, -0.15) is 22.6 Å². The lowest BCUT2D eigenvalue weighted by molar-refractivity contribution is -0.137. The Kier molecular flexibility index (Phi) is 5.64. The van der Waals surface area contributed by atoms with Crippen molar-refractivity contribution in [1.29, 1.82) is 0 Å². The van der Waals surface area contributed by atoms with Crippen LogP contribution in [0.3, 0.4) is 0 Å². The van der Waals surface area contributed by atoms with E-state index < -0.39 is 33.9 Å². The summed E-state index contributed by atoms with van der Waals surface area (Å²) in [4.78, 5) is 0.0529.